The van der Waals surface area contributed by atoms with E-state index in [-0.39, 0.29) is 6.54 Å². The number of carbonyl (C=O) groups excluding carboxylic acids is 1. The number of rotatable bonds is 7. The molecule has 0 fully saturated rings. The molecule has 0 saturated carbocycles. The maximum absolute atomic E-state index is 12.5. The van der Waals surface area contributed by atoms with E-state index in [1.54, 1.807) is 12.1 Å². The van der Waals surface area contributed by atoms with Gasteiger partial charge in [0.1, 0.15) is 5.60 Å². The summed E-state index contributed by atoms with van der Waals surface area (Å²) in [5, 5.41) is 3.70. The first-order valence-corrected chi connectivity index (χ1v) is 13.6. The van der Waals surface area contributed by atoms with Gasteiger partial charge in [0.05, 0.1) is 11.8 Å². The van der Waals surface area contributed by atoms with Gasteiger partial charge in [-0.3, -0.25) is 9.71 Å². The second kappa shape index (κ2) is 10.2. The SMILES string of the molecule is Cc1ccc(-c2c(CNC(=O)OC(C)(C)C)c(CC(C)C)nc3ccc(NS(C)(=O)=O)cc23)cc1. The minimum Gasteiger partial charge on any atom is -0.444 e. The van der Waals surface area contributed by atoms with Crippen molar-refractivity contribution in [2.24, 2.45) is 5.92 Å². The quantitative estimate of drug-likeness (QED) is 0.430. The van der Waals surface area contributed by atoms with E-state index in [0.29, 0.717) is 11.6 Å². The van der Waals surface area contributed by atoms with Crippen LogP contribution in [-0.4, -0.2) is 31.4 Å². The summed E-state index contributed by atoms with van der Waals surface area (Å²) in [7, 11) is -3.45. The summed E-state index contributed by atoms with van der Waals surface area (Å²) in [4.78, 5) is 17.4. The number of ether oxygens (including phenoxy) is 1. The fraction of sp³-hybridized carbons (Fsp3) is 0.407. The van der Waals surface area contributed by atoms with Crippen molar-refractivity contribution >= 4 is 32.7 Å². The van der Waals surface area contributed by atoms with Gasteiger partial charge in [-0.15, -0.1) is 0 Å². The lowest BCUT2D eigenvalue weighted by atomic mass is 9.91. The third kappa shape index (κ3) is 7.42. The van der Waals surface area contributed by atoms with Gasteiger partial charge >= 0.3 is 6.09 Å². The summed E-state index contributed by atoms with van der Waals surface area (Å²) in [6.45, 7) is 12.0. The topological polar surface area (TPSA) is 97.4 Å². The molecule has 0 saturated heterocycles. The van der Waals surface area contributed by atoms with Crippen molar-refractivity contribution in [2.45, 2.75) is 60.1 Å². The molecule has 0 bridgehead atoms. The van der Waals surface area contributed by atoms with Crippen LogP contribution in [0.15, 0.2) is 42.5 Å². The Kier molecular flexibility index (Phi) is 7.74. The largest absolute Gasteiger partial charge is 0.444 e. The molecule has 35 heavy (non-hydrogen) atoms. The molecule has 1 heterocycles. The Morgan fingerprint density at radius 1 is 1.09 bits per heavy atom. The number of benzene rings is 2. The zero-order valence-electron chi connectivity index (χ0n) is 21.5. The molecule has 0 aliphatic heterocycles. The Hall–Kier alpha value is -3.13. The Morgan fingerprint density at radius 2 is 1.74 bits per heavy atom. The van der Waals surface area contributed by atoms with E-state index in [1.807, 2.05) is 58.0 Å². The monoisotopic (exact) mass is 497 g/mol. The second-order valence-corrected chi connectivity index (χ2v) is 12.1. The van der Waals surface area contributed by atoms with Gasteiger partial charge in [0, 0.05) is 28.9 Å². The molecule has 0 aliphatic rings. The standard InChI is InChI=1S/C27H35N3O4S/c1-17(2)14-24-22(16-28-26(31)34-27(4,5)6)25(19-10-8-18(3)9-11-19)21-15-20(30-35(7,32)33)12-13-23(21)29-24/h8-13,15,17,30H,14,16H2,1-7H3,(H,28,31). The summed E-state index contributed by atoms with van der Waals surface area (Å²) < 4.78 is 31.8. The number of amides is 1. The predicted octanol–water partition coefficient (Wildman–Crippen LogP) is 5.80. The number of aromatic nitrogens is 1. The summed E-state index contributed by atoms with van der Waals surface area (Å²) in [6.07, 6.45) is 1.34. The first-order valence-electron chi connectivity index (χ1n) is 11.7. The van der Waals surface area contributed by atoms with E-state index in [9.17, 15) is 13.2 Å². The lowest BCUT2D eigenvalue weighted by Gasteiger charge is -2.22. The van der Waals surface area contributed by atoms with Crippen LogP contribution in [-0.2, 0) is 27.7 Å². The molecule has 1 amide bonds. The molecule has 1 aromatic heterocycles. The molecule has 0 unspecified atom stereocenters. The van der Waals surface area contributed by atoms with Crippen LogP contribution in [0.5, 0.6) is 0 Å². The van der Waals surface area contributed by atoms with E-state index < -0.39 is 21.7 Å². The highest BCUT2D eigenvalue weighted by Gasteiger charge is 2.21. The van der Waals surface area contributed by atoms with E-state index >= 15 is 0 Å². The zero-order valence-corrected chi connectivity index (χ0v) is 22.3. The summed E-state index contributed by atoms with van der Waals surface area (Å²) in [5.74, 6) is 0.345. The van der Waals surface area contributed by atoms with E-state index in [1.165, 1.54) is 0 Å². The van der Waals surface area contributed by atoms with Gasteiger partial charge in [-0.05, 0) is 69.4 Å². The van der Waals surface area contributed by atoms with Gasteiger partial charge in [-0.1, -0.05) is 43.7 Å². The number of pyridine rings is 1. The van der Waals surface area contributed by atoms with Gasteiger partial charge < -0.3 is 10.1 Å². The van der Waals surface area contributed by atoms with Gasteiger partial charge in [-0.2, -0.15) is 0 Å². The first-order chi connectivity index (χ1) is 16.2. The number of aryl methyl sites for hydroxylation is 1. The molecule has 2 aromatic carbocycles. The number of nitrogens with zero attached hydrogens (tertiary/aromatic N) is 1. The number of carbonyl (C=O) groups is 1. The van der Waals surface area contributed by atoms with Crippen LogP contribution in [0.3, 0.4) is 0 Å². The Balaban J connectivity index is 2.24. The van der Waals surface area contributed by atoms with Crippen LogP contribution in [0.25, 0.3) is 22.0 Å². The number of fused-ring (bicyclic) bond motifs is 1. The fourth-order valence-electron chi connectivity index (χ4n) is 3.90. The van der Waals surface area contributed by atoms with Crippen molar-refractivity contribution < 1.29 is 17.9 Å². The summed E-state index contributed by atoms with van der Waals surface area (Å²) >= 11 is 0. The number of anilines is 1. The number of alkyl carbamates (subject to hydrolysis) is 1. The maximum atomic E-state index is 12.5. The average Bonchev–Trinajstić information content (AvgIpc) is 2.70. The van der Waals surface area contributed by atoms with Crippen LogP contribution in [0.2, 0.25) is 0 Å². The molecular weight excluding hydrogens is 462 g/mol. The molecule has 0 spiro atoms. The third-order valence-electron chi connectivity index (χ3n) is 5.22. The molecule has 0 atom stereocenters. The molecule has 2 N–H and O–H groups in total. The zero-order chi connectivity index (χ0) is 26.0. The van der Waals surface area contributed by atoms with Crippen molar-refractivity contribution in [1.29, 1.82) is 0 Å². The van der Waals surface area contributed by atoms with Crippen LogP contribution < -0.4 is 10.0 Å². The first kappa shape index (κ1) is 26.5. The van der Waals surface area contributed by atoms with E-state index in [2.05, 4.69) is 23.9 Å². The molecule has 3 aromatic rings. The maximum Gasteiger partial charge on any atom is 0.407 e. The Morgan fingerprint density at radius 3 is 2.31 bits per heavy atom. The van der Waals surface area contributed by atoms with Crippen molar-refractivity contribution in [3.8, 4) is 11.1 Å². The molecule has 188 valence electrons. The van der Waals surface area contributed by atoms with Crippen molar-refractivity contribution in [3.63, 3.8) is 0 Å². The van der Waals surface area contributed by atoms with Gasteiger partial charge in [0.15, 0.2) is 0 Å². The Bertz CT molecular complexity index is 1330. The average molecular weight is 498 g/mol. The van der Waals surface area contributed by atoms with Gasteiger partial charge in [0.2, 0.25) is 10.0 Å². The number of hydrogen-bond acceptors (Lipinski definition) is 5. The van der Waals surface area contributed by atoms with Crippen LogP contribution in [0.1, 0.15) is 51.4 Å². The van der Waals surface area contributed by atoms with E-state index in [0.717, 1.165) is 51.5 Å². The van der Waals surface area contributed by atoms with Crippen molar-refractivity contribution in [3.05, 3.63) is 59.3 Å². The summed E-state index contributed by atoms with van der Waals surface area (Å²) in [5.41, 5.74) is 5.39. The smallest absolute Gasteiger partial charge is 0.407 e. The Labute approximate surface area is 208 Å². The molecular formula is C27H35N3O4S. The highest BCUT2D eigenvalue weighted by molar-refractivity contribution is 7.92. The van der Waals surface area contributed by atoms with Crippen LogP contribution in [0.4, 0.5) is 10.5 Å². The normalized spacial score (nSPS) is 12.1. The summed E-state index contributed by atoms with van der Waals surface area (Å²) in [6, 6.07) is 13.5. The van der Waals surface area contributed by atoms with Crippen molar-refractivity contribution in [2.75, 3.05) is 11.0 Å². The van der Waals surface area contributed by atoms with Crippen LogP contribution >= 0.6 is 0 Å². The minimum absolute atomic E-state index is 0.229. The molecule has 0 radical (unpaired) electrons. The molecule has 0 aliphatic carbocycles. The minimum atomic E-state index is -3.45. The van der Waals surface area contributed by atoms with Crippen molar-refractivity contribution in [1.82, 2.24) is 10.3 Å². The highest BCUT2D eigenvalue weighted by Crippen LogP contribution is 2.36. The van der Waals surface area contributed by atoms with Gasteiger partial charge in [0.25, 0.3) is 0 Å². The third-order valence-corrected chi connectivity index (χ3v) is 5.83. The lowest BCUT2D eigenvalue weighted by Crippen LogP contribution is -2.32. The second-order valence-electron chi connectivity index (χ2n) is 10.3. The number of hydrogen-bond donors (Lipinski definition) is 2. The van der Waals surface area contributed by atoms with Crippen LogP contribution in [0, 0.1) is 12.8 Å². The predicted molar refractivity (Wildman–Crippen MR) is 142 cm³/mol. The fourth-order valence-corrected chi connectivity index (χ4v) is 4.46. The van der Waals surface area contributed by atoms with Gasteiger partial charge in [-0.25, -0.2) is 13.2 Å². The van der Waals surface area contributed by atoms with E-state index in [4.69, 9.17) is 9.72 Å². The highest BCUT2D eigenvalue weighted by atomic mass is 32.2. The lowest BCUT2D eigenvalue weighted by molar-refractivity contribution is 0.0523. The number of nitrogens with one attached hydrogen (secondary N) is 2. The molecule has 3 rings (SSSR count). The molecule has 7 nitrogen and oxygen atoms in total. The molecule has 8 heteroatoms. The number of sulfonamides is 1.